The molecule has 1 aromatic heterocycles. The van der Waals surface area contributed by atoms with Crippen molar-refractivity contribution in [2.45, 2.75) is 32.8 Å². The molecule has 7 nitrogen and oxygen atoms in total. The van der Waals surface area contributed by atoms with Crippen molar-refractivity contribution < 1.29 is 27.4 Å². The molecule has 10 heteroatoms. The maximum Gasteiger partial charge on any atom is 0.573 e. The summed E-state index contributed by atoms with van der Waals surface area (Å²) in [5, 5.41) is 6.97. The minimum absolute atomic E-state index is 0.0583. The number of benzene rings is 2. The van der Waals surface area contributed by atoms with Crippen LogP contribution in [-0.4, -0.2) is 28.7 Å². The van der Waals surface area contributed by atoms with E-state index in [4.69, 9.17) is 4.74 Å². The minimum Gasteiger partial charge on any atom is -0.494 e. The Balaban J connectivity index is 1.67. The van der Waals surface area contributed by atoms with Crippen molar-refractivity contribution >= 4 is 5.91 Å². The van der Waals surface area contributed by atoms with Crippen LogP contribution in [0.25, 0.3) is 11.3 Å². The van der Waals surface area contributed by atoms with Crippen molar-refractivity contribution in [1.29, 1.82) is 0 Å². The van der Waals surface area contributed by atoms with Gasteiger partial charge in [0.1, 0.15) is 17.5 Å². The molecule has 3 aromatic rings. The second kappa shape index (κ2) is 10.2. The number of rotatable bonds is 8. The molecule has 0 saturated heterocycles. The molecule has 0 aliphatic heterocycles. The van der Waals surface area contributed by atoms with Crippen LogP contribution < -0.4 is 20.3 Å². The third-order valence-electron chi connectivity index (χ3n) is 4.66. The number of ether oxygens (including phenoxy) is 2. The Morgan fingerprint density at radius 2 is 1.67 bits per heavy atom. The van der Waals surface area contributed by atoms with Gasteiger partial charge in [-0.15, -0.1) is 13.2 Å². The molecule has 33 heavy (non-hydrogen) atoms. The summed E-state index contributed by atoms with van der Waals surface area (Å²) in [4.78, 5) is 24.9. The summed E-state index contributed by atoms with van der Waals surface area (Å²) >= 11 is 0. The number of hydrogen-bond acceptors (Lipinski definition) is 5. The van der Waals surface area contributed by atoms with Gasteiger partial charge < -0.3 is 14.8 Å². The smallest absolute Gasteiger partial charge is 0.494 e. The Kier molecular flexibility index (Phi) is 7.37. The van der Waals surface area contributed by atoms with Gasteiger partial charge in [0.15, 0.2) is 0 Å². The summed E-state index contributed by atoms with van der Waals surface area (Å²) in [6.45, 7) is 4.02. The van der Waals surface area contributed by atoms with Crippen molar-refractivity contribution in [3.8, 4) is 22.8 Å². The predicted octanol–water partition coefficient (Wildman–Crippen LogP) is 4.09. The van der Waals surface area contributed by atoms with Gasteiger partial charge in [0.25, 0.3) is 5.56 Å². The number of nitrogens with one attached hydrogen (secondary N) is 1. The first-order valence-corrected chi connectivity index (χ1v) is 10.1. The molecule has 0 saturated carbocycles. The third-order valence-corrected chi connectivity index (χ3v) is 4.66. The van der Waals surface area contributed by atoms with E-state index in [-0.39, 0.29) is 12.3 Å². The number of alkyl halides is 3. The maximum absolute atomic E-state index is 12.6. The standard InChI is InChI=1S/C23H22F3N3O4/c1-3-32-18-10-6-17(7-11-18)20-12-13-21(30)29(28-20)15(2)22(31)27-14-16-4-8-19(9-5-16)33-23(24,25)26/h4-13,15H,3,14H2,1-2H3,(H,27,31). The van der Waals surface area contributed by atoms with Gasteiger partial charge in [0.05, 0.1) is 12.3 Å². The molecule has 1 unspecified atom stereocenters. The molecule has 1 heterocycles. The first-order chi connectivity index (χ1) is 15.7. The van der Waals surface area contributed by atoms with Crippen LogP contribution >= 0.6 is 0 Å². The molecule has 0 aliphatic carbocycles. The summed E-state index contributed by atoms with van der Waals surface area (Å²) in [5.74, 6) is -0.114. The molecule has 0 radical (unpaired) electrons. The molecule has 1 atom stereocenters. The monoisotopic (exact) mass is 461 g/mol. The van der Waals surface area contributed by atoms with E-state index in [0.717, 1.165) is 22.4 Å². The lowest BCUT2D eigenvalue weighted by molar-refractivity contribution is -0.274. The van der Waals surface area contributed by atoms with E-state index in [1.165, 1.54) is 25.1 Å². The topological polar surface area (TPSA) is 82.5 Å². The lowest BCUT2D eigenvalue weighted by Crippen LogP contribution is -2.36. The van der Waals surface area contributed by atoms with Crippen LogP contribution in [0.2, 0.25) is 0 Å². The van der Waals surface area contributed by atoms with Gasteiger partial charge >= 0.3 is 6.36 Å². The third kappa shape index (κ3) is 6.58. The highest BCUT2D eigenvalue weighted by Crippen LogP contribution is 2.23. The quantitative estimate of drug-likeness (QED) is 0.547. The minimum atomic E-state index is -4.77. The fourth-order valence-corrected chi connectivity index (χ4v) is 3.00. The normalized spacial score (nSPS) is 12.2. The highest BCUT2D eigenvalue weighted by atomic mass is 19.4. The Morgan fingerprint density at radius 1 is 1.03 bits per heavy atom. The van der Waals surface area contributed by atoms with Crippen LogP contribution in [0.15, 0.2) is 65.5 Å². The molecule has 0 spiro atoms. The number of halogens is 3. The van der Waals surface area contributed by atoms with E-state index in [9.17, 15) is 22.8 Å². The van der Waals surface area contributed by atoms with E-state index in [1.807, 2.05) is 6.92 Å². The Hall–Kier alpha value is -3.82. The second-order valence-electron chi connectivity index (χ2n) is 7.04. The van der Waals surface area contributed by atoms with E-state index in [0.29, 0.717) is 23.6 Å². The largest absolute Gasteiger partial charge is 0.573 e. The van der Waals surface area contributed by atoms with Crippen molar-refractivity contribution in [1.82, 2.24) is 15.1 Å². The van der Waals surface area contributed by atoms with Gasteiger partial charge in [-0.2, -0.15) is 5.10 Å². The number of carbonyl (C=O) groups excluding carboxylic acids is 1. The number of aromatic nitrogens is 2. The zero-order chi connectivity index (χ0) is 24.0. The van der Waals surface area contributed by atoms with Crippen LogP contribution in [0.1, 0.15) is 25.5 Å². The average molecular weight is 461 g/mol. The second-order valence-corrected chi connectivity index (χ2v) is 7.04. The van der Waals surface area contributed by atoms with Crippen LogP contribution in [0, 0.1) is 0 Å². The molecular formula is C23H22F3N3O4. The van der Waals surface area contributed by atoms with Gasteiger partial charge in [-0.25, -0.2) is 4.68 Å². The molecule has 0 aliphatic rings. The first kappa shape index (κ1) is 23.8. The summed E-state index contributed by atoms with van der Waals surface area (Å²) in [7, 11) is 0. The van der Waals surface area contributed by atoms with Gasteiger partial charge in [0, 0.05) is 18.2 Å². The van der Waals surface area contributed by atoms with Crippen LogP contribution in [0.4, 0.5) is 13.2 Å². The molecule has 174 valence electrons. The number of amides is 1. The van der Waals surface area contributed by atoms with Crippen molar-refractivity contribution in [3.05, 3.63) is 76.6 Å². The van der Waals surface area contributed by atoms with E-state index >= 15 is 0 Å². The lowest BCUT2D eigenvalue weighted by Gasteiger charge is -2.15. The Bertz CT molecular complexity index is 1140. The average Bonchev–Trinajstić information content (AvgIpc) is 2.78. The predicted molar refractivity (Wildman–Crippen MR) is 115 cm³/mol. The fraction of sp³-hybridized carbons (Fsp3) is 0.261. The SMILES string of the molecule is CCOc1ccc(-c2ccc(=O)n(C(C)C(=O)NCc3ccc(OC(F)(F)F)cc3)n2)cc1. The van der Waals surface area contributed by atoms with Gasteiger partial charge in [0.2, 0.25) is 5.91 Å². The van der Waals surface area contributed by atoms with E-state index < -0.39 is 23.9 Å². The summed E-state index contributed by atoms with van der Waals surface area (Å²) in [6, 6.07) is 14.3. The molecule has 1 amide bonds. The molecular weight excluding hydrogens is 439 g/mol. The van der Waals surface area contributed by atoms with Gasteiger partial charge in [-0.3, -0.25) is 9.59 Å². The number of nitrogens with zero attached hydrogens (tertiary/aromatic N) is 2. The Labute approximate surface area is 187 Å². The molecule has 0 fully saturated rings. The lowest BCUT2D eigenvalue weighted by atomic mass is 10.1. The van der Waals surface area contributed by atoms with Crippen molar-refractivity contribution in [2.75, 3.05) is 6.61 Å². The van der Waals surface area contributed by atoms with Crippen LogP contribution in [0.3, 0.4) is 0 Å². The van der Waals surface area contributed by atoms with E-state index in [1.54, 1.807) is 30.3 Å². The van der Waals surface area contributed by atoms with Crippen molar-refractivity contribution in [3.63, 3.8) is 0 Å². The van der Waals surface area contributed by atoms with Gasteiger partial charge in [-0.05, 0) is 61.9 Å². The molecule has 3 rings (SSSR count). The summed E-state index contributed by atoms with van der Waals surface area (Å²) < 4.78 is 47.1. The summed E-state index contributed by atoms with van der Waals surface area (Å²) in [6.07, 6.45) is -4.77. The van der Waals surface area contributed by atoms with Gasteiger partial charge in [-0.1, -0.05) is 12.1 Å². The Morgan fingerprint density at radius 3 is 2.27 bits per heavy atom. The van der Waals surface area contributed by atoms with Crippen LogP contribution in [0.5, 0.6) is 11.5 Å². The molecule has 1 N–H and O–H groups in total. The zero-order valence-corrected chi connectivity index (χ0v) is 17.9. The van der Waals surface area contributed by atoms with Crippen LogP contribution in [-0.2, 0) is 11.3 Å². The zero-order valence-electron chi connectivity index (χ0n) is 17.9. The van der Waals surface area contributed by atoms with Crippen molar-refractivity contribution in [2.24, 2.45) is 0 Å². The molecule has 2 aromatic carbocycles. The highest BCUT2D eigenvalue weighted by molar-refractivity contribution is 5.79. The maximum atomic E-state index is 12.6. The fourth-order valence-electron chi connectivity index (χ4n) is 3.00. The number of hydrogen-bond donors (Lipinski definition) is 1. The first-order valence-electron chi connectivity index (χ1n) is 10.1. The highest BCUT2D eigenvalue weighted by Gasteiger charge is 2.31. The van der Waals surface area contributed by atoms with E-state index in [2.05, 4.69) is 15.2 Å². The molecule has 0 bridgehead atoms. The number of carbonyl (C=O) groups is 1. The summed E-state index contributed by atoms with van der Waals surface area (Å²) in [5.41, 5.74) is 1.38.